The lowest BCUT2D eigenvalue weighted by Gasteiger charge is -2.03. The Kier molecular flexibility index (Phi) is 2.75. The van der Waals surface area contributed by atoms with E-state index < -0.39 is 11.6 Å². The third-order valence-electron chi connectivity index (χ3n) is 2.03. The second-order valence-electron chi connectivity index (χ2n) is 3.04. The third-order valence-corrected chi connectivity index (χ3v) is 2.35. The Morgan fingerprint density at radius 1 is 1.19 bits per heavy atom. The third kappa shape index (κ3) is 1.72. The van der Waals surface area contributed by atoms with Gasteiger partial charge in [0.15, 0.2) is 23.7 Å². The molecule has 5 heteroatoms. The molecular formula is C11H5ClF2O2. The molecular weight excluding hydrogens is 238 g/mol. The van der Waals surface area contributed by atoms with Crippen molar-refractivity contribution >= 4 is 17.9 Å². The van der Waals surface area contributed by atoms with Crippen LogP contribution in [0.15, 0.2) is 28.7 Å². The van der Waals surface area contributed by atoms with Gasteiger partial charge in [-0.3, -0.25) is 4.79 Å². The molecule has 1 aromatic heterocycles. The lowest BCUT2D eigenvalue weighted by molar-refractivity contribution is 0.110. The van der Waals surface area contributed by atoms with Crippen molar-refractivity contribution in [1.82, 2.24) is 0 Å². The molecule has 0 saturated carbocycles. The summed E-state index contributed by atoms with van der Waals surface area (Å²) >= 11 is 5.73. The first-order valence-corrected chi connectivity index (χ1v) is 4.70. The second-order valence-corrected chi connectivity index (χ2v) is 3.45. The van der Waals surface area contributed by atoms with Crippen molar-refractivity contribution in [1.29, 1.82) is 0 Å². The molecule has 2 nitrogen and oxygen atoms in total. The van der Waals surface area contributed by atoms with Gasteiger partial charge in [-0.15, -0.1) is 0 Å². The van der Waals surface area contributed by atoms with Gasteiger partial charge in [-0.2, -0.15) is 0 Å². The van der Waals surface area contributed by atoms with Gasteiger partial charge in [0, 0.05) is 0 Å². The average Bonchev–Trinajstić information content (AvgIpc) is 2.73. The van der Waals surface area contributed by atoms with Crippen molar-refractivity contribution in [2.24, 2.45) is 0 Å². The molecule has 0 fully saturated rings. The molecule has 1 heterocycles. The minimum Gasteiger partial charge on any atom is -0.453 e. The molecule has 0 spiro atoms. The Bertz CT molecular complexity index is 549. The zero-order chi connectivity index (χ0) is 11.7. The molecule has 0 bridgehead atoms. The number of carbonyl (C=O) groups is 1. The zero-order valence-corrected chi connectivity index (χ0v) is 8.59. The fraction of sp³-hybridized carbons (Fsp3) is 0. The van der Waals surface area contributed by atoms with Crippen LogP contribution >= 0.6 is 11.6 Å². The molecule has 0 radical (unpaired) electrons. The largest absolute Gasteiger partial charge is 0.453 e. The van der Waals surface area contributed by atoms with E-state index >= 15 is 0 Å². The molecule has 0 atom stereocenters. The lowest BCUT2D eigenvalue weighted by atomic mass is 10.1. The summed E-state index contributed by atoms with van der Waals surface area (Å²) in [5.41, 5.74) is -0.185. The number of halogens is 3. The van der Waals surface area contributed by atoms with Crippen LogP contribution in [-0.2, 0) is 0 Å². The van der Waals surface area contributed by atoms with E-state index in [-0.39, 0.29) is 22.1 Å². The van der Waals surface area contributed by atoms with E-state index in [1.165, 1.54) is 18.2 Å². The van der Waals surface area contributed by atoms with Gasteiger partial charge < -0.3 is 4.42 Å². The molecule has 1 aromatic carbocycles. The van der Waals surface area contributed by atoms with Gasteiger partial charge in [-0.05, 0) is 24.3 Å². The van der Waals surface area contributed by atoms with Gasteiger partial charge in [-0.1, -0.05) is 11.6 Å². The molecule has 0 saturated heterocycles. The van der Waals surface area contributed by atoms with Crippen LogP contribution in [0.3, 0.4) is 0 Å². The Morgan fingerprint density at radius 2 is 1.94 bits per heavy atom. The highest BCUT2D eigenvalue weighted by Crippen LogP contribution is 2.32. The second kappa shape index (κ2) is 4.06. The van der Waals surface area contributed by atoms with Gasteiger partial charge in [0.1, 0.15) is 5.76 Å². The van der Waals surface area contributed by atoms with Crippen molar-refractivity contribution in [3.05, 3.63) is 46.7 Å². The number of hydrogen-bond donors (Lipinski definition) is 0. The van der Waals surface area contributed by atoms with Crippen molar-refractivity contribution in [2.45, 2.75) is 0 Å². The van der Waals surface area contributed by atoms with Crippen LogP contribution in [0.4, 0.5) is 8.78 Å². The molecule has 0 unspecified atom stereocenters. The summed E-state index contributed by atoms with van der Waals surface area (Å²) in [5, 5.41) is 0.0192. The number of benzene rings is 1. The predicted octanol–water partition coefficient (Wildman–Crippen LogP) is 3.69. The quantitative estimate of drug-likeness (QED) is 0.594. The average molecular weight is 243 g/mol. The van der Waals surface area contributed by atoms with Crippen molar-refractivity contribution < 1.29 is 18.0 Å². The smallest absolute Gasteiger partial charge is 0.185 e. The molecule has 16 heavy (non-hydrogen) atoms. The van der Waals surface area contributed by atoms with E-state index in [1.807, 2.05) is 0 Å². The Balaban J connectivity index is 2.63. The molecule has 0 N–H and O–H groups in total. The van der Waals surface area contributed by atoms with E-state index in [9.17, 15) is 13.6 Å². The Labute approximate surface area is 94.4 Å². The summed E-state index contributed by atoms with van der Waals surface area (Å²) in [4.78, 5) is 10.4. The molecule has 0 aliphatic carbocycles. The molecule has 2 aromatic rings. The summed E-state index contributed by atoms with van der Waals surface area (Å²) in [6.07, 6.45) is 0.467. The van der Waals surface area contributed by atoms with Crippen molar-refractivity contribution in [3.8, 4) is 11.3 Å². The van der Waals surface area contributed by atoms with Gasteiger partial charge in [0.25, 0.3) is 0 Å². The number of hydrogen-bond acceptors (Lipinski definition) is 2. The van der Waals surface area contributed by atoms with Gasteiger partial charge in [0.05, 0.1) is 10.6 Å². The number of aldehydes is 1. The molecule has 2 rings (SSSR count). The lowest BCUT2D eigenvalue weighted by Crippen LogP contribution is -1.89. The van der Waals surface area contributed by atoms with Crippen LogP contribution in [0.5, 0.6) is 0 Å². The van der Waals surface area contributed by atoms with Gasteiger partial charge in [-0.25, -0.2) is 8.78 Å². The fourth-order valence-corrected chi connectivity index (χ4v) is 1.54. The van der Waals surface area contributed by atoms with E-state index in [0.29, 0.717) is 6.29 Å². The topological polar surface area (TPSA) is 30.2 Å². The maximum absolute atomic E-state index is 13.5. The molecule has 82 valence electrons. The highest BCUT2D eigenvalue weighted by molar-refractivity contribution is 6.33. The Hall–Kier alpha value is -1.68. The van der Waals surface area contributed by atoms with Crippen LogP contribution in [0.1, 0.15) is 10.6 Å². The summed E-state index contributed by atoms with van der Waals surface area (Å²) in [6.45, 7) is 0. The molecule has 0 aliphatic rings. The van der Waals surface area contributed by atoms with Gasteiger partial charge >= 0.3 is 0 Å². The summed E-state index contributed by atoms with van der Waals surface area (Å²) in [6, 6.07) is 4.85. The number of rotatable bonds is 2. The predicted molar refractivity (Wildman–Crippen MR) is 54.5 cm³/mol. The SMILES string of the molecule is O=Cc1ccc(-c2c(Cl)ccc(F)c2F)o1. The van der Waals surface area contributed by atoms with Crippen LogP contribution in [0.25, 0.3) is 11.3 Å². The van der Waals surface area contributed by atoms with Crippen LogP contribution in [-0.4, -0.2) is 6.29 Å². The summed E-state index contributed by atoms with van der Waals surface area (Å²) < 4.78 is 31.4. The van der Waals surface area contributed by atoms with E-state index in [0.717, 1.165) is 6.07 Å². The first-order chi connectivity index (χ1) is 7.63. The van der Waals surface area contributed by atoms with Gasteiger partial charge in [0.2, 0.25) is 0 Å². The van der Waals surface area contributed by atoms with E-state index in [4.69, 9.17) is 16.0 Å². The summed E-state index contributed by atoms with van der Waals surface area (Å²) in [7, 11) is 0. The van der Waals surface area contributed by atoms with Crippen LogP contribution in [0, 0.1) is 11.6 Å². The van der Waals surface area contributed by atoms with Crippen molar-refractivity contribution in [2.75, 3.05) is 0 Å². The first kappa shape index (κ1) is 10.8. The first-order valence-electron chi connectivity index (χ1n) is 4.32. The fourth-order valence-electron chi connectivity index (χ4n) is 1.30. The Morgan fingerprint density at radius 3 is 2.56 bits per heavy atom. The van der Waals surface area contributed by atoms with Crippen LogP contribution in [0.2, 0.25) is 5.02 Å². The standard InChI is InChI=1S/C11H5ClF2O2/c12-7-2-3-8(13)11(14)10(7)9-4-1-6(5-15)16-9/h1-5H. The maximum atomic E-state index is 13.5. The van der Waals surface area contributed by atoms with Crippen LogP contribution < -0.4 is 0 Å². The van der Waals surface area contributed by atoms with E-state index in [1.54, 1.807) is 0 Å². The number of carbonyl (C=O) groups excluding carboxylic acids is 1. The van der Waals surface area contributed by atoms with Crippen molar-refractivity contribution in [3.63, 3.8) is 0 Å². The summed E-state index contributed by atoms with van der Waals surface area (Å²) in [5.74, 6) is -2.08. The maximum Gasteiger partial charge on any atom is 0.185 e. The minimum absolute atomic E-state index is 0.0177. The zero-order valence-electron chi connectivity index (χ0n) is 7.84. The number of furan rings is 1. The monoisotopic (exact) mass is 242 g/mol. The molecule has 0 amide bonds. The minimum atomic E-state index is -1.10. The molecule has 0 aliphatic heterocycles. The normalized spacial score (nSPS) is 10.4. The highest BCUT2D eigenvalue weighted by atomic mass is 35.5. The highest BCUT2D eigenvalue weighted by Gasteiger charge is 2.17. The van der Waals surface area contributed by atoms with E-state index in [2.05, 4.69) is 0 Å².